The first-order chi connectivity index (χ1) is 6.97. The first-order valence-electron chi connectivity index (χ1n) is 3.99. The fourth-order valence-electron chi connectivity index (χ4n) is 1.32. The quantitative estimate of drug-likeness (QED) is 0.706. The Morgan fingerprint density at radius 3 is 2.53 bits per heavy atom. The SMILES string of the molecule is FC(F)(F)Sc1cn(Br)c2ccccc12. The van der Waals surface area contributed by atoms with Crippen molar-refractivity contribution < 1.29 is 13.2 Å². The Labute approximate surface area is 96.6 Å². The fraction of sp³-hybridized carbons (Fsp3) is 0.111. The molecule has 0 N–H and O–H groups in total. The summed E-state index contributed by atoms with van der Waals surface area (Å²) < 4.78 is 38.2. The van der Waals surface area contributed by atoms with Gasteiger partial charge in [-0.2, -0.15) is 13.2 Å². The number of fused-ring (bicyclic) bond motifs is 1. The molecule has 0 bridgehead atoms. The van der Waals surface area contributed by atoms with E-state index in [2.05, 4.69) is 16.1 Å². The van der Waals surface area contributed by atoms with Crippen molar-refractivity contribution in [1.82, 2.24) is 3.59 Å². The van der Waals surface area contributed by atoms with Crippen LogP contribution in [0.15, 0.2) is 35.4 Å². The van der Waals surface area contributed by atoms with E-state index in [1.807, 2.05) is 0 Å². The van der Waals surface area contributed by atoms with Crippen LogP contribution >= 0.6 is 27.9 Å². The highest BCUT2D eigenvalue weighted by atomic mass is 79.9. The average molecular weight is 296 g/mol. The van der Waals surface area contributed by atoms with Crippen molar-refractivity contribution in [3.63, 3.8) is 0 Å². The van der Waals surface area contributed by atoms with E-state index in [0.717, 1.165) is 5.52 Å². The number of alkyl halides is 3. The Morgan fingerprint density at radius 2 is 1.87 bits per heavy atom. The normalized spacial score (nSPS) is 12.3. The molecule has 0 unspecified atom stereocenters. The van der Waals surface area contributed by atoms with Crippen molar-refractivity contribution in [1.29, 1.82) is 0 Å². The molecular formula is C9H5BrF3NS. The summed E-state index contributed by atoms with van der Waals surface area (Å²) in [7, 11) is 0. The van der Waals surface area contributed by atoms with Crippen molar-refractivity contribution in [3.05, 3.63) is 30.5 Å². The minimum atomic E-state index is -4.25. The fourth-order valence-corrected chi connectivity index (χ4v) is 2.66. The molecule has 15 heavy (non-hydrogen) atoms. The lowest BCUT2D eigenvalue weighted by Crippen LogP contribution is -1.98. The van der Waals surface area contributed by atoms with Gasteiger partial charge in [-0.05, 0) is 17.8 Å². The second-order valence-electron chi connectivity index (χ2n) is 2.87. The van der Waals surface area contributed by atoms with Gasteiger partial charge in [0.25, 0.3) is 0 Å². The molecule has 0 aliphatic rings. The largest absolute Gasteiger partial charge is 0.446 e. The standard InChI is InChI=1S/C9H5BrF3NS/c10-14-5-8(15-9(11,12)13)6-3-1-2-4-7(6)14/h1-5H. The topological polar surface area (TPSA) is 4.93 Å². The van der Waals surface area contributed by atoms with Gasteiger partial charge in [-0.1, -0.05) is 18.2 Å². The van der Waals surface area contributed by atoms with Crippen LogP contribution in [0, 0.1) is 0 Å². The number of benzene rings is 1. The minimum Gasteiger partial charge on any atom is -0.283 e. The average Bonchev–Trinajstić information content (AvgIpc) is 2.42. The second-order valence-corrected chi connectivity index (χ2v) is 4.74. The number of hydrogen-bond acceptors (Lipinski definition) is 1. The number of aromatic nitrogens is 1. The smallest absolute Gasteiger partial charge is 0.283 e. The van der Waals surface area contributed by atoms with Crippen LogP contribution in [0.2, 0.25) is 0 Å². The van der Waals surface area contributed by atoms with Gasteiger partial charge in [0, 0.05) is 16.5 Å². The predicted octanol–water partition coefficient (Wildman–Crippen LogP) is 4.41. The molecule has 80 valence electrons. The monoisotopic (exact) mass is 295 g/mol. The Balaban J connectivity index is 2.53. The molecule has 6 heteroatoms. The van der Waals surface area contributed by atoms with Crippen LogP contribution in [0.1, 0.15) is 0 Å². The van der Waals surface area contributed by atoms with Crippen LogP contribution < -0.4 is 0 Å². The van der Waals surface area contributed by atoms with E-state index in [0.29, 0.717) is 5.39 Å². The zero-order valence-electron chi connectivity index (χ0n) is 7.25. The van der Waals surface area contributed by atoms with E-state index in [1.54, 1.807) is 24.3 Å². The van der Waals surface area contributed by atoms with Crippen molar-refractivity contribution in [3.8, 4) is 0 Å². The van der Waals surface area contributed by atoms with Crippen LogP contribution in [0.25, 0.3) is 10.9 Å². The van der Waals surface area contributed by atoms with Gasteiger partial charge in [0.15, 0.2) is 0 Å². The van der Waals surface area contributed by atoms with E-state index in [1.165, 1.54) is 9.79 Å². The number of para-hydroxylation sites is 1. The molecule has 2 rings (SSSR count). The highest BCUT2D eigenvalue weighted by Crippen LogP contribution is 2.41. The van der Waals surface area contributed by atoms with Crippen molar-refractivity contribution in [2.24, 2.45) is 0 Å². The zero-order chi connectivity index (χ0) is 11.1. The number of nitrogens with zero attached hydrogens (tertiary/aromatic N) is 1. The summed E-state index contributed by atoms with van der Waals surface area (Å²) in [5.41, 5.74) is -3.53. The van der Waals surface area contributed by atoms with Crippen LogP contribution in [0.4, 0.5) is 13.2 Å². The minimum absolute atomic E-state index is 0.0998. The van der Waals surface area contributed by atoms with E-state index in [-0.39, 0.29) is 16.7 Å². The lowest BCUT2D eigenvalue weighted by Gasteiger charge is -2.02. The molecule has 1 nitrogen and oxygen atoms in total. The summed E-state index contributed by atoms with van der Waals surface area (Å²) in [6.07, 6.45) is 1.42. The summed E-state index contributed by atoms with van der Waals surface area (Å²) in [4.78, 5) is 0.204. The van der Waals surface area contributed by atoms with Crippen LogP contribution in [-0.4, -0.2) is 9.10 Å². The van der Waals surface area contributed by atoms with Gasteiger partial charge < -0.3 is 0 Å². The summed E-state index contributed by atoms with van der Waals surface area (Å²) in [6.45, 7) is 0. The molecule has 0 radical (unpaired) electrons. The van der Waals surface area contributed by atoms with Crippen LogP contribution in [0.3, 0.4) is 0 Å². The predicted molar refractivity (Wildman–Crippen MR) is 58.2 cm³/mol. The maximum atomic E-state index is 12.2. The van der Waals surface area contributed by atoms with Crippen LogP contribution in [-0.2, 0) is 0 Å². The number of thioether (sulfide) groups is 1. The molecule has 0 fully saturated rings. The molecule has 1 aromatic heterocycles. The third kappa shape index (κ3) is 2.31. The molecule has 0 saturated heterocycles. The Kier molecular flexibility index (Phi) is 2.72. The molecular weight excluding hydrogens is 291 g/mol. The zero-order valence-corrected chi connectivity index (χ0v) is 9.66. The lowest BCUT2D eigenvalue weighted by molar-refractivity contribution is -0.0327. The van der Waals surface area contributed by atoms with Crippen LogP contribution in [0.5, 0.6) is 0 Å². The maximum Gasteiger partial charge on any atom is 0.446 e. The summed E-state index contributed by atoms with van der Waals surface area (Å²) >= 11 is 3.06. The third-order valence-corrected chi connectivity index (χ3v) is 3.22. The van der Waals surface area contributed by atoms with Gasteiger partial charge in [-0.25, -0.2) is 0 Å². The van der Waals surface area contributed by atoms with E-state index < -0.39 is 5.51 Å². The molecule has 0 amide bonds. The molecule has 0 saturated carbocycles. The maximum absolute atomic E-state index is 12.2. The van der Waals surface area contributed by atoms with E-state index in [9.17, 15) is 13.2 Å². The van der Waals surface area contributed by atoms with Gasteiger partial charge >= 0.3 is 5.51 Å². The lowest BCUT2D eigenvalue weighted by atomic mass is 10.2. The van der Waals surface area contributed by atoms with Gasteiger partial charge in [0.2, 0.25) is 0 Å². The highest BCUT2D eigenvalue weighted by molar-refractivity contribution is 9.08. The molecule has 0 atom stereocenters. The number of rotatable bonds is 1. The third-order valence-electron chi connectivity index (χ3n) is 1.86. The van der Waals surface area contributed by atoms with Gasteiger partial charge in [-0.3, -0.25) is 3.59 Å². The number of hydrogen-bond donors (Lipinski definition) is 0. The first kappa shape index (κ1) is 10.9. The molecule has 0 spiro atoms. The molecule has 1 aromatic carbocycles. The van der Waals surface area contributed by atoms with Crippen molar-refractivity contribution in [2.75, 3.05) is 0 Å². The molecule has 1 heterocycles. The molecule has 0 aliphatic heterocycles. The first-order valence-corrected chi connectivity index (χ1v) is 5.52. The van der Waals surface area contributed by atoms with E-state index >= 15 is 0 Å². The summed E-state index contributed by atoms with van der Waals surface area (Å²) in [6, 6.07) is 6.92. The Morgan fingerprint density at radius 1 is 1.20 bits per heavy atom. The Hall–Kier alpha value is -0.620. The highest BCUT2D eigenvalue weighted by Gasteiger charge is 2.30. The molecule has 0 aliphatic carbocycles. The second kappa shape index (κ2) is 3.75. The van der Waals surface area contributed by atoms with Crippen molar-refractivity contribution >= 4 is 38.8 Å². The van der Waals surface area contributed by atoms with E-state index in [4.69, 9.17) is 0 Å². The van der Waals surface area contributed by atoms with Gasteiger partial charge in [0.1, 0.15) is 0 Å². The van der Waals surface area contributed by atoms with Crippen molar-refractivity contribution in [2.45, 2.75) is 10.4 Å². The number of halogens is 4. The summed E-state index contributed by atoms with van der Waals surface area (Å²) in [5, 5.41) is 0.594. The molecule has 2 aromatic rings. The van der Waals surface area contributed by atoms with Gasteiger partial charge in [0.05, 0.1) is 21.7 Å². The Bertz CT molecular complexity index is 492. The summed E-state index contributed by atoms with van der Waals surface area (Å²) in [5.74, 6) is 0. The van der Waals surface area contributed by atoms with Gasteiger partial charge in [-0.15, -0.1) is 0 Å².